The first-order valence-electron chi connectivity index (χ1n) is 16.4. The molecule has 2 aromatic rings. The number of aryl methyl sites for hydroxylation is 3. The Labute approximate surface area is 245 Å². The van der Waals surface area contributed by atoms with Crippen molar-refractivity contribution in [1.29, 1.82) is 0 Å². The second-order valence-corrected chi connectivity index (χ2v) is 13.5. The van der Waals surface area contributed by atoms with Crippen molar-refractivity contribution in [2.45, 2.75) is 84.0 Å². The Morgan fingerprint density at radius 1 is 0.780 bits per heavy atom. The van der Waals surface area contributed by atoms with Crippen molar-refractivity contribution in [1.82, 2.24) is 14.8 Å². The molecular formula is C36H45N3O2. The van der Waals surface area contributed by atoms with E-state index in [2.05, 4.69) is 42.2 Å². The summed E-state index contributed by atoms with van der Waals surface area (Å²) < 4.78 is 0. The van der Waals surface area contributed by atoms with E-state index in [1.807, 2.05) is 6.20 Å². The van der Waals surface area contributed by atoms with E-state index in [0.717, 1.165) is 77.4 Å². The fourth-order valence-electron chi connectivity index (χ4n) is 8.79. The topological polar surface area (TPSA) is 53.5 Å². The van der Waals surface area contributed by atoms with Crippen molar-refractivity contribution in [2.75, 3.05) is 26.2 Å². The van der Waals surface area contributed by atoms with Crippen LogP contribution in [0.5, 0.6) is 0 Å². The third-order valence-electron chi connectivity index (χ3n) is 11.0. The van der Waals surface area contributed by atoms with Crippen LogP contribution in [0, 0.1) is 30.6 Å². The molecule has 1 aromatic heterocycles. The SMILES string of the molecule is Cc1ccc2c(c1)CCc1cccnc1C2=C1CCN(C[C@H]2CCCC[C@@H]2CN2C(=O)C3CCCCC3C2=O)CC1. The van der Waals surface area contributed by atoms with Gasteiger partial charge in [-0.25, -0.2) is 0 Å². The summed E-state index contributed by atoms with van der Waals surface area (Å²) in [4.78, 5) is 35.7. The molecule has 0 radical (unpaired) electrons. The second kappa shape index (κ2) is 11.5. The molecule has 2 saturated heterocycles. The highest BCUT2D eigenvalue weighted by molar-refractivity contribution is 6.05. The number of carbonyl (C=O) groups is 2. The zero-order valence-electron chi connectivity index (χ0n) is 24.7. The Hall–Kier alpha value is -2.79. The van der Waals surface area contributed by atoms with Gasteiger partial charge in [0.25, 0.3) is 0 Å². The third-order valence-corrected chi connectivity index (χ3v) is 11.0. The van der Waals surface area contributed by atoms with Gasteiger partial charge >= 0.3 is 0 Å². The molecule has 7 rings (SSSR count). The number of piperidine rings is 1. The number of fused-ring (bicyclic) bond motifs is 3. The summed E-state index contributed by atoms with van der Waals surface area (Å²) >= 11 is 0. The minimum absolute atomic E-state index is 0.0236. The van der Waals surface area contributed by atoms with E-state index in [0.29, 0.717) is 18.4 Å². The molecule has 5 nitrogen and oxygen atoms in total. The maximum atomic E-state index is 13.2. The molecule has 2 amide bonds. The molecule has 2 unspecified atom stereocenters. The minimum Gasteiger partial charge on any atom is -0.302 e. The third kappa shape index (κ3) is 5.20. The molecular weight excluding hydrogens is 506 g/mol. The number of amides is 2. The van der Waals surface area contributed by atoms with Gasteiger partial charge in [0.15, 0.2) is 0 Å². The number of likely N-dealkylation sites (tertiary alicyclic amines) is 2. The van der Waals surface area contributed by atoms with Gasteiger partial charge in [0.1, 0.15) is 0 Å². The Balaban J connectivity index is 1.06. The van der Waals surface area contributed by atoms with Crippen molar-refractivity contribution in [3.05, 3.63) is 70.0 Å². The van der Waals surface area contributed by atoms with E-state index in [1.165, 1.54) is 52.8 Å². The molecule has 0 spiro atoms. The van der Waals surface area contributed by atoms with Crippen LogP contribution in [0.1, 0.15) is 92.2 Å². The Morgan fingerprint density at radius 2 is 1.44 bits per heavy atom. The molecule has 3 aliphatic carbocycles. The number of benzene rings is 1. The molecule has 216 valence electrons. The maximum absolute atomic E-state index is 13.2. The van der Waals surface area contributed by atoms with E-state index >= 15 is 0 Å². The minimum atomic E-state index is -0.0236. The molecule has 4 fully saturated rings. The summed E-state index contributed by atoms with van der Waals surface area (Å²) in [5, 5.41) is 0. The number of nitrogens with zero attached hydrogens (tertiary/aromatic N) is 3. The molecule has 1 aromatic carbocycles. The van der Waals surface area contributed by atoms with E-state index in [1.54, 1.807) is 10.5 Å². The standard InChI is InChI=1S/C36H45N3O2/c1-24-12-15-30-27(21-24)14-13-26-9-6-18-37-34(26)33(30)25-16-19-38(20-17-25)22-28-7-2-3-8-29(28)23-39-35(40)31-10-4-5-11-32(31)36(39)41/h6,9,12,15,18,21,28-29,31-32H,2-5,7-8,10-11,13-14,16-17,19-20,22-23H2,1H3/t28-,29-,31?,32?/m1/s1. The number of hydrogen-bond acceptors (Lipinski definition) is 4. The van der Waals surface area contributed by atoms with Crippen LogP contribution >= 0.6 is 0 Å². The van der Waals surface area contributed by atoms with Gasteiger partial charge in [-0.3, -0.25) is 19.5 Å². The lowest BCUT2D eigenvalue weighted by Crippen LogP contribution is -2.43. The van der Waals surface area contributed by atoms with Crippen LogP contribution in [0.25, 0.3) is 5.57 Å². The quantitative estimate of drug-likeness (QED) is 0.415. The first-order chi connectivity index (χ1) is 20.1. The van der Waals surface area contributed by atoms with E-state index in [-0.39, 0.29) is 23.7 Å². The number of hydrogen-bond donors (Lipinski definition) is 0. The zero-order chi connectivity index (χ0) is 27.9. The van der Waals surface area contributed by atoms with Crippen molar-refractivity contribution in [3.63, 3.8) is 0 Å². The molecule has 2 aliphatic heterocycles. The van der Waals surface area contributed by atoms with Gasteiger partial charge in [-0.2, -0.15) is 0 Å². The molecule has 5 aliphatic rings. The van der Waals surface area contributed by atoms with E-state index < -0.39 is 0 Å². The molecule has 0 N–H and O–H groups in total. The molecule has 41 heavy (non-hydrogen) atoms. The number of pyridine rings is 1. The van der Waals surface area contributed by atoms with Crippen molar-refractivity contribution in [3.8, 4) is 0 Å². The predicted octanol–water partition coefficient (Wildman–Crippen LogP) is 6.37. The predicted molar refractivity (Wildman–Crippen MR) is 162 cm³/mol. The van der Waals surface area contributed by atoms with Crippen molar-refractivity contribution >= 4 is 17.4 Å². The second-order valence-electron chi connectivity index (χ2n) is 13.5. The zero-order valence-corrected chi connectivity index (χ0v) is 24.7. The normalized spacial score (nSPS) is 28.8. The summed E-state index contributed by atoms with van der Waals surface area (Å²) in [7, 11) is 0. The van der Waals surface area contributed by atoms with Crippen LogP contribution in [0.3, 0.4) is 0 Å². The van der Waals surface area contributed by atoms with Gasteiger partial charge in [-0.1, -0.05) is 61.1 Å². The number of rotatable bonds is 4. The average molecular weight is 552 g/mol. The highest BCUT2D eigenvalue weighted by Gasteiger charge is 2.49. The van der Waals surface area contributed by atoms with Gasteiger partial charge in [0, 0.05) is 37.9 Å². The smallest absolute Gasteiger partial charge is 0.233 e. The lowest BCUT2D eigenvalue weighted by Gasteiger charge is -2.39. The van der Waals surface area contributed by atoms with Gasteiger partial charge < -0.3 is 4.90 Å². The fraction of sp³-hybridized carbons (Fsp3) is 0.583. The molecule has 0 bridgehead atoms. The maximum Gasteiger partial charge on any atom is 0.233 e. The van der Waals surface area contributed by atoms with Crippen LogP contribution in [0.15, 0.2) is 42.1 Å². The molecule has 2 saturated carbocycles. The van der Waals surface area contributed by atoms with Crippen LogP contribution < -0.4 is 0 Å². The number of aromatic nitrogens is 1. The number of imide groups is 1. The summed E-state index contributed by atoms with van der Waals surface area (Å²) in [6.45, 7) is 6.12. The molecule has 5 heteroatoms. The highest BCUT2D eigenvalue weighted by atomic mass is 16.2. The van der Waals surface area contributed by atoms with E-state index in [4.69, 9.17) is 4.98 Å². The Morgan fingerprint density at radius 3 is 2.17 bits per heavy atom. The van der Waals surface area contributed by atoms with Crippen LogP contribution in [0.2, 0.25) is 0 Å². The Bertz CT molecular complexity index is 1330. The fourth-order valence-corrected chi connectivity index (χ4v) is 8.79. The van der Waals surface area contributed by atoms with Gasteiger partial charge in [0.2, 0.25) is 11.8 Å². The lowest BCUT2D eigenvalue weighted by atomic mass is 9.78. The van der Waals surface area contributed by atoms with Gasteiger partial charge in [-0.15, -0.1) is 0 Å². The van der Waals surface area contributed by atoms with Crippen molar-refractivity contribution < 1.29 is 9.59 Å². The lowest BCUT2D eigenvalue weighted by molar-refractivity contribution is -0.141. The average Bonchev–Trinajstić information content (AvgIpc) is 3.13. The summed E-state index contributed by atoms with van der Waals surface area (Å²) in [6, 6.07) is 11.3. The van der Waals surface area contributed by atoms with Crippen LogP contribution in [0.4, 0.5) is 0 Å². The highest BCUT2D eigenvalue weighted by Crippen LogP contribution is 2.41. The molecule has 4 atom stereocenters. The summed E-state index contributed by atoms with van der Waals surface area (Å²) in [5.41, 5.74) is 9.72. The first kappa shape index (κ1) is 27.1. The van der Waals surface area contributed by atoms with Gasteiger partial charge in [-0.05, 0) is 92.9 Å². The van der Waals surface area contributed by atoms with E-state index in [9.17, 15) is 9.59 Å². The van der Waals surface area contributed by atoms with Crippen molar-refractivity contribution in [2.24, 2.45) is 23.7 Å². The molecule has 3 heterocycles. The van der Waals surface area contributed by atoms with Gasteiger partial charge in [0.05, 0.1) is 17.5 Å². The first-order valence-corrected chi connectivity index (χ1v) is 16.4. The largest absolute Gasteiger partial charge is 0.302 e. The summed E-state index contributed by atoms with van der Waals surface area (Å²) in [6.07, 6.45) is 15.2. The van der Waals surface area contributed by atoms with Crippen LogP contribution in [-0.4, -0.2) is 52.8 Å². The summed E-state index contributed by atoms with van der Waals surface area (Å²) in [5.74, 6) is 1.26. The number of carbonyl (C=O) groups excluding carboxylic acids is 2. The van der Waals surface area contributed by atoms with Crippen LogP contribution in [-0.2, 0) is 22.4 Å². The Kier molecular flexibility index (Phi) is 7.57. The monoisotopic (exact) mass is 551 g/mol.